The van der Waals surface area contributed by atoms with Crippen LogP contribution in [0.4, 0.5) is 17.1 Å². The van der Waals surface area contributed by atoms with Crippen LogP contribution in [0.1, 0.15) is 124 Å². The normalized spacial score (nSPS) is 16.5. The van der Waals surface area contributed by atoms with Crippen molar-refractivity contribution in [1.29, 1.82) is 0 Å². The Bertz CT molecular complexity index is 4220. The van der Waals surface area contributed by atoms with E-state index in [-0.39, 0.29) is 17.5 Å². The van der Waals surface area contributed by atoms with Crippen molar-refractivity contribution in [3.8, 4) is 33.6 Å². The summed E-state index contributed by atoms with van der Waals surface area (Å²) < 4.78 is 5.30. The van der Waals surface area contributed by atoms with Gasteiger partial charge in [-0.2, -0.15) is 0 Å². The molecule has 2 aliphatic carbocycles. The van der Waals surface area contributed by atoms with Gasteiger partial charge in [-0.15, -0.1) is 0 Å². The Morgan fingerprint density at radius 2 is 0.912 bits per heavy atom. The number of fused-ring (bicyclic) bond motifs is 10. The van der Waals surface area contributed by atoms with Crippen LogP contribution in [0.15, 0.2) is 200 Å². The summed E-state index contributed by atoms with van der Waals surface area (Å²) in [6, 6.07) is 78.0. The first kappa shape index (κ1) is 49.0. The number of hydrogen-bond donors (Lipinski definition) is 0. The average Bonchev–Trinajstić information content (AvgIpc) is 4.14. The van der Waals surface area contributed by atoms with E-state index in [1.807, 2.05) is 0 Å². The molecule has 2 aromatic heterocycles. The highest BCUT2D eigenvalue weighted by molar-refractivity contribution is 6.99. The van der Waals surface area contributed by atoms with Crippen molar-refractivity contribution < 1.29 is 0 Å². The van der Waals surface area contributed by atoms with E-state index in [1.165, 1.54) is 165 Å². The molecule has 3 nitrogen and oxygen atoms in total. The summed E-state index contributed by atoms with van der Waals surface area (Å²) in [5.74, 6) is 0. The van der Waals surface area contributed by atoms with Crippen molar-refractivity contribution in [1.82, 2.24) is 9.13 Å². The van der Waals surface area contributed by atoms with Gasteiger partial charge in [-0.1, -0.05) is 193 Å². The minimum Gasteiger partial charge on any atom is -0.313 e. The third-order valence-electron chi connectivity index (χ3n) is 19.1. The van der Waals surface area contributed by atoms with Crippen molar-refractivity contribution in [2.45, 2.75) is 116 Å². The molecule has 4 aliphatic rings. The standard InChI is InChI=1S/C76H70BN3/c1-74(2,3)52-43-60(49-25-11-8-12-26-49)73(61(44-52)50-27-13-9-14-28-50)80-70-48-55(79-68-37-23-19-33-58(68)59-34-20-24-38-69(59)79)40-42-64(70)77-65-47-54(78-66-35-21-17-31-56(66)57-32-18-22-36-67(57)78)39-41-62(65)76(7,51-29-15-10-16-30-51)63-45-53(75(4,5)6)46-71(80)72(63)77/h8-17,19,21,23,25-31,33,35,37,39-48H,18,20,22,24,32,34,36,38H2,1-7H3. The average molecular weight is 1040 g/mol. The van der Waals surface area contributed by atoms with Gasteiger partial charge in [0.1, 0.15) is 0 Å². The SMILES string of the molecule is CC(C)(C)c1cc(-c2ccccc2)c(N2c3cc(-n4c5c(c6ccccc64)CCCC5)ccc3B3c4cc(-n5c6c(c7ccccc75)CCCC6)ccc4C(C)(c4ccccc4)c4cc(C(C)(C)C)cc2c43)c(-c2ccccc2)c1. The van der Waals surface area contributed by atoms with Crippen LogP contribution in [-0.4, -0.2) is 15.8 Å². The van der Waals surface area contributed by atoms with Gasteiger partial charge >= 0.3 is 0 Å². The molecule has 15 rings (SSSR count). The number of benzene rings is 9. The highest BCUT2D eigenvalue weighted by Gasteiger charge is 2.50. The summed E-state index contributed by atoms with van der Waals surface area (Å²) in [6.45, 7) is 16.8. The molecular weight excluding hydrogens is 966 g/mol. The molecular formula is C76H70BN3. The maximum absolute atomic E-state index is 2.77. The molecule has 0 fully saturated rings. The molecule has 0 saturated carbocycles. The van der Waals surface area contributed by atoms with Gasteiger partial charge in [0.15, 0.2) is 0 Å². The van der Waals surface area contributed by atoms with Crippen LogP contribution in [0.2, 0.25) is 0 Å². The molecule has 2 aliphatic heterocycles. The fourth-order valence-electron chi connectivity index (χ4n) is 15.1. The van der Waals surface area contributed by atoms with E-state index in [4.69, 9.17) is 0 Å². The van der Waals surface area contributed by atoms with E-state index < -0.39 is 5.41 Å². The van der Waals surface area contributed by atoms with Crippen LogP contribution in [-0.2, 0) is 41.9 Å². The Kier molecular flexibility index (Phi) is 11.2. The molecule has 0 spiro atoms. The van der Waals surface area contributed by atoms with Crippen molar-refractivity contribution >= 4 is 62.0 Å². The molecule has 0 bridgehead atoms. The maximum atomic E-state index is 2.77. The third-order valence-corrected chi connectivity index (χ3v) is 19.1. The van der Waals surface area contributed by atoms with E-state index in [0.717, 1.165) is 25.7 Å². The van der Waals surface area contributed by atoms with Crippen LogP contribution < -0.4 is 21.3 Å². The number of nitrogens with zero attached hydrogens (tertiary/aromatic N) is 3. The number of aromatic nitrogens is 2. The molecule has 11 aromatic rings. The lowest BCUT2D eigenvalue weighted by Crippen LogP contribution is -2.64. The number of anilines is 3. The molecule has 9 aromatic carbocycles. The van der Waals surface area contributed by atoms with E-state index in [1.54, 1.807) is 0 Å². The van der Waals surface area contributed by atoms with Gasteiger partial charge in [0.05, 0.1) is 16.7 Å². The van der Waals surface area contributed by atoms with Gasteiger partial charge in [-0.25, -0.2) is 0 Å². The fourth-order valence-corrected chi connectivity index (χ4v) is 15.1. The molecule has 0 saturated heterocycles. The molecule has 4 heterocycles. The zero-order valence-electron chi connectivity index (χ0n) is 47.6. The first-order valence-electron chi connectivity index (χ1n) is 29.7. The van der Waals surface area contributed by atoms with Crippen molar-refractivity contribution in [2.75, 3.05) is 4.90 Å². The van der Waals surface area contributed by atoms with Gasteiger partial charge in [0.25, 0.3) is 0 Å². The second-order valence-corrected chi connectivity index (χ2v) is 25.9. The number of hydrogen-bond acceptors (Lipinski definition) is 1. The quantitative estimate of drug-likeness (QED) is 0.151. The second-order valence-electron chi connectivity index (χ2n) is 25.9. The van der Waals surface area contributed by atoms with Crippen LogP contribution in [0, 0.1) is 0 Å². The maximum Gasteiger partial charge on any atom is 0.247 e. The first-order valence-corrected chi connectivity index (χ1v) is 29.7. The molecule has 1 atom stereocenters. The second kappa shape index (κ2) is 18.2. The highest BCUT2D eigenvalue weighted by atomic mass is 15.2. The third kappa shape index (κ3) is 7.40. The number of rotatable bonds is 6. The van der Waals surface area contributed by atoms with E-state index in [9.17, 15) is 0 Å². The Morgan fingerprint density at radius 1 is 0.425 bits per heavy atom. The van der Waals surface area contributed by atoms with Crippen LogP contribution >= 0.6 is 0 Å². The Balaban J connectivity index is 1.11. The van der Waals surface area contributed by atoms with Gasteiger partial charge in [-0.05, 0) is 185 Å². The van der Waals surface area contributed by atoms with E-state index >= 15 is 0 Å². The summed E-state index contributed by atoms with van der Waals surface area (Å²) >= 11 is 0. The van der Waals surface area contributed by atoms with Gasteiger partial charge in [0.2, 0.25) is 6.71 Å². The summed E-state index contributed by atoms with van der Waals surface area (Å²) in [5.41, 5.74) is 29.8. The first-order chi connectivity index (χ1) is 38.9. The van der Waals surface area contributed by atoms with Crippen molar-refractivity contribution in [3.05, 3.63) is 251 Å². The molecule has 0 radical (unpaired) electrons. The Hall–Kier alpha value is -8.08. The molecule has 4 heteroatoms. The minimum absolute atomic E-state index is 0.0665. The van der Waals surface area contributed by atoms with Crippen molar-refractivity contribution in [2.24, 2.45) is 0 Å². The fraction of sp³-hybridized carbons (Fsp3) is 0.237. The van der Waals surface area contributed by atoms with Gasteiger partial charge in [-0.3, -0.25) is 0 Å². The molecule has 0 N–H and O–H groups in total. The summed E-state index contributed by atoms with van der Waals surface area (Å²) in [5, 5.41) is 2.80. The van der Waals surface area contributed by atoms with Gasteiger partial charge < -0.3 is 14.0 Å². The Labute approximate surface area is 473 Å². The van der Waals surface area contributed by atoms with Crippen molar-refractivity contribution in [3.63, 3.8) is 0 Å². The van der Waals surface area contributed by atoms with E-state index in [2.05, 4.69) is 263 Å². The zero-order valence-corrected chi connectivity index (χ0v) is 47.6. The highest BCUT2D eigenvalue weighted by Crippen LogP contribution is 2.53. The predicted octanol–water partition coefficient (Wildman–Crippen LogP) is 17.2. The lowest BCUT2D eigenvalue weighted by atomic mass is 9.29. The largest absolute Gasteiger partial charge is 0.313 e. The van der Waals surface area contributed by atoms with Crippen LogP contribution in [0.5, 0.6) is 0 Å². The monoisotopic (exact) mass is 1040 g/mol. The predicted molar refractivity (Wildman–Crippen MR) is 339 cm³/mol. The minimum atomic E-state index is -0.498. The molecule has 0 amide bonds. The zero-order chi connectivity index (χ0) is 54.2. The Morgan fingerprint density at radius 3 is 1.48 bits per heavy atom. The summed E-state index contributed by atoms with van der Waals surface area (Å²) in [4.78, 5) is 2.77. The van der Waals surface area contributed by atoms with Gasteiger partial charge in [0, 0.05) is 61.5 Å². The topological polar surface area (TPSA) is 13.1 Å². The number of aryl methyl sites for hydroxylation is 2. The molecule has 392 valence electrons. The van der Waals surface area contributed by atoms with Crippen LogP contribution in [0.25, 0.3) is 55.4 Å². The summed E-state index contributed by atoms with van der Waals surface area (Å²) in [6.07, 6.45) is 9.31. The smallest absolute Gasteiger partial charge is 0.247 e. The molecule has 1 unspecified atom stereocenters. The van der Waals surface area contributed by atoms with E-state index in [0.29, 0.717) is 0 Å². The summed E-state index contributed by atoms with van der Waals surface area (Å²) in [7, 11) is 0. The lowest BCUT2D eigenvalue weighted by molar-refractivity contribution is 0.586. The lowest BCUT2D eigenvalue weighted by Gasteiger charge is -2.48. The number of para-hydroxylation sites is 2. The van der Waals surface area contributed by atoms with Crippen LogP contribution in [0.3, 0.4) is 0 Å². The molecule has 80 heavy (non-hydrogen) atoms.